The molecule has 0 N–H and O–H groups in total. The number of nitrogens with zero attached hydrogens (tertiary/aromatic N) is 3. The molecule has 1 aliphatic rings. The number of aryl methyl sites for hydroxylation is 1. The Kier molecular flexibility index (Phi) is 6.86. The molecule has 0 unspecified atom stereocenters. The fraction of sp³-hybridized carbons (Fsp3) is 0.346. The quantitative estimate of drug-likeness (QED) is 0.500. The number of hydrogen-bond donors (Lipinski definition) is 0. The van der Waals surface area contributed by atoms with Gasteiger partial charge in [-0.3, -0.25) is 9.48 Å². The first-order chi connectivity index (χ1) is 16.4. The fourth-order valence-electron chi connectivity index (χ4n) is 4.29. The van der Waals surface area contributed by atoms with Crippen LogP contribution in [0.15, 0.2) is 42.5 Å². The number of fused-ring (bicyclic) bond motifs is 1. The molecule has 3 aromatic rings. The summed E-state index contributed by atoms with van der Waals surface area (Å²) in [5.74, 6) is 0.529. The molecule has 1 aromatic heterocycles. The second-order valence-corrected chi connectivity index (χ2v) is 8.31. The Labute approximate surface area is 199 Å². The summed E-state index contributed by atoms with van der Waals surface area (Å²) in [6.07, 6.45) is 0.694. The van der Waals surface area contributed by atoms with Crippen LogP contribution in [0.1, 0.15) is 38.4 Å². The molecule has 1 aliphatic heterocycles. The molecule has 1 amide bonds. The highest BCUT2D eigenvalue weighted by atomic mass is 16.5. The van der Waals surface area contributed by atoms with Gasteiger partial charge in [-0.15, -0.1) is 0 Å². The summed E-state index contributed by atoms with van der Waals surface area (Å²) in [6.45, 7) is 4.83. The van der Waals surface area contributed by atoms with Gasteiger partial charge in [-0.1, -0.05) is 30.3 Å². The monoisotopic (exact) mass is 463 g/mol. The van der Waals surface area contributed by atoms with Crippen LogP contribution in [-0.2, 0) is 29.0 Å². The Morgan fingerprint density at radius 2 is 1.68 bits per heavy atom. The van der Waals surface area contributed by atoms with Crippen molar-refractivity contribution in [3.63, 3.8) is 0 Å². The lowest BCUT2D eigenvalue weighted by atomic mass is 9.99. The molecule has 178 valence electrons. The summed E-state index contributed by atoms with van der Waals surface area (Å²) in [7, 11) is 3.19. The van der Waals surface area contributed by atoms with Gasteiger partial charge in [0.15, 0.2) is 18.1 Å². The molecular formula is C26H29N3O5. The van der Waals surface area contributed by atoms with E-state index in [1.165, 1.54) is 0 Å². The lowest BCUT2D eigenvalue weighted by Crippen LogP contribution is -2.38. The third kappa shape index (κ3) is 4.76. The van der Waals surface area contributed by atoms with E-state index in [0.29, 0.717) is 54.5 Å². The number of rotatable bonds is 7. The first-order valence-corrected chi connectivity index (χ1v) is 11.2. The van der Waals surface area contributed by atoms with E-state index in [1.807, 2.05) is 49.4 Å². The van der Waals surface area contributed by atoms with Crippen LogP contribution in [0, 0.1) is 13.8 Å². The maximum atomic E-state index is 12.8. The number of hydrogen-bond acceptors (Lipinski definition) is 6. The highest BCUT2D eigenvalue weighted by molar-refractivity contribution is 5.93. The zero-order valence-corrected chi connectivity index (χ0v) is 20.0. The van der Waals surface area contributed by atoms with Crippen LogP contribution in [0.25, 0.3) is 0 Å². The van der Waals surface area contributed by atoms with Crippen molar-refractivity contribution >= 4 is 11.9 Å². The predicted octanol–water partition coefficient (Wildman–Crippen LogP) is 3.31. The Morgan fingerprint density at radius 1 is 1.00 bits per heavy atom. The number of carbonyl (C=O) groups excluding carboxylic acids is 2. The number of methoxy groups -OCH3 is 2. The van der Waals surface area contributed by atoms with Gasteiger partial charge in [0.2, 0.25) is 0 Å². The minimum Gasteiger partial charge on any atom is -0.493 e. The molecule has 0 bridgehead atoms. The normalized spacial score (nSPS) is 12.8. The van der Waals surface area contributed by atoms with E-state index in [-0.39, 0.29) is 12.5 Å². The summed E-state index contributed by atoms with van der Waals surface area (Å²) in [5, 5.41) is 4.50. The molecule has 0 atom stereocenters. The third-order valence-electron chi connectivity index (χ3n) is 6.16. The third-order valence-corrected chi connectivity index (χ3v) is 6.16. The van der Waals surface area contributed by atoms with E-state index in [2.05, 4.69) is 5.10 Å². The Hall–Kier alpha value is -3.81. The van der Waals surface area contributed by atoms with Crippen molar-refractivity contribution in [3.8, 4) is 11.5 Å². The van der Waals surface area contributed by atoms with Crippen molar-refractivity contribution in [2.24, 2.45) is 0 Å². The Bertz CT molecular complexity index is 1200. The standard InChI is InChI=1S/C26H29N3O5/c1-17-25(18(2)29(27-17)14-19-8-6-5-7-9-19)26(31)34-16-24(30)28-11-10-20-12-22(32-3)23(33-4)13-21(20)15-28/h5-9,12-13H,10-11,14-16H2,1-4H3. The molecule has 8 nitrogen and oxygen atoms in total. The van der Waals surface area contributed by atoms with Crippen molar-refractivity contribution in [3.05, 3.63) is 76.1 Å². The van der Waals surface area contributed by atoms with Crippen molar-refractivity contribution in [2.75, 3.05) is 27.4 Å². The molecule has 0 fully saturated rings. The van der Waals surface area contributed by atoms with Crippen LogP contribution in [0.5, 0.6) is 11.5 Å². The highest BCUT2D eigenvalue weighted by Crippen LogP contribution is 2.33. The average Bonchev–Trinajstić information content (AvgIpc) is 3.13. The van der Waals surface area contributed by atoms with Crippen LogP contribution in [0.3, 0.4) is 0 Å². The summed E-state index contributed by atoms with van der Waals surface area (Å²) in [4.78, 5) is 27.3. The van der Waals surface area contributed by atoms with Gasteiger partial charge in [-0.05, 0) is 49.1 Å². The van der Waals surface area contributed by atoms with Gasteiger partial charge in [0, 0.05) is 13.1 Å². The zero-order valence-electron chi connectivity index (χ0n) is 20.0. The summed E-state index contributed by atoms with van der Waals surface area (Å²) in [5.41, 5.74) is 4.91. The molecule has 0 radical (unpaired) electrons. The SMILES string of the molecule is COc1cc2c(cc1OC)CN(C(=O)COC(=O)c1c(C)nn(Cc3ccccc3)c1C)CC2. The van der Waals surface area contributed by atoms with Gasteiger partial charge in [-0.2, -0.15) is 5.10 Å². The van der Waals surface area contributed by atoms with Crippen LogP contribution in [0.4, 0.5) is 0 Å². The molecule has 0 aliphatic carbocycles. The number of ether oxygens (including phenoxy) is 3. The van der Waals surface area contributed by atoms with Crippen LogP contribution in [0.2, 0.25) is 0 Å². The first kappa shape index (κ1) is 23.4. The maximum Gasteiger partial charge on any atom is 0.342 e. The van der Waals surface area contributed by atoms with Crippen molar-refractivity contribution in [1.82, 2.24) is 14.7 Å². The van der Waals surface area contributed by atoms with E-state index in [9.17, 15) is 9.59 Å². The van der Waals surface area contributed by atoms with Crippen molar-refractivity contribution < 1.29 is 23.8 Å². The Morgan fingerprint density at radius 3 is 2.35 bits per heavy atom. The van der Waals surface area contributed by atoms with Crippen LogP contribution < -0.4 is 9.47 Å². The number of amides is 1. The lowest BCUT2D eigenvalue weighted by Gasteiger charge is -2.29. The van der Waals surface area contributed by atoms with E-state index >= 15 is 0 Å². The molecule has 0 spiro atoms. The number of aromatic nitrogens is 2. The van der Waals surface area contributed by atoms with E-state index < -0.39 is 5.97 Å². The van der Waals surface area contributed by atoms with E-state index in [1.54, 1.807) is 30.7 Å². The van der Waals surface area contributed by atoms with Crippen molar-refractivity contribution in [2.45, 2.75) is 33.4 Å². The minimum absolute atomic E-state index is 0.235. The zero-order chi connectivity index (χ0) is 24.2. The maximum absolute atomic E-state index is 12.8. The second kappa shape index (κ2) is 9.99. The van der Waals surface area contributed by atoms with Gasteiger partial charge in [0.05, 0.1) is 32.2 Å². The lowest BCUT2D eigenvalue weighted by molar-refractivity contribution is -0.135. The number of carbonyl (C=O) groups is 2. The minimum atomic E-state index is -0.536. The van der Waals surface area contributed by atoms with Gasteiger partial charge < -0.3 is 19.1 Å². The van der Waals surface area contributed by atoms with Gasteiger partial charge in [-0.25, -0.2) is 4.79 Å². The molecule has 34 heavy (non-hydrogen) atoms. The van der Waals surface area contributed by atoms with Gasteiger partial charge >= 0.3 is 5.97 Å². The van der Waals surface area contributed by atoms with Gasteiger partial charge in [0.1, 0.15) is 5.56 Å². The molecular weight excluding hydrogens is 434 g/mol. The largest absolute Gasteiger partial charge is 0.493 e. The molecule has 0 saturated carbocycles. The van der Waals surface area contributed by atoms with Crippen LogP contribution in [-0.4, -0.2) is 53.9 Å². The fourth-order valence-corrected chi connectivity index (χ4v) is 4.29. The van der Waals surface area contributed by atoms with E-state index in [4.69, 9.17) is 14.2 Å². The topological polar surface area (TPSA) is 82.9 Å². The van der Waals surface area contributed by atoms with Crippen LogP contribution >= 0.6 is 0 Å². The molecule has 2 aromatic carbocycles. The van der Waals surface area contributed by atoms with E-state index in [0.717, 1.165) is 16.7 Å². The number of benzene rings is 2. The summed E-state index contributed by atoms with van der Waals surface area (Å²) >= 11 is 0. The predicted molar refractivity (Wildman–Crippen MR) is 126 cm³/mol. The molecule has 0 saturated heterocycles. The Balaban J connectivity index is 1.40. The average molecular weight is 464 g/mol. The summed E-state index contributed by atoms with van der Waals surface area (Å²) < 4.78 is 17.9. The molecule has 2 heterocycles. The van der Waals surface area contributed by atoms with Gasteiger partial charge in [0.25, 0.3) is 5.91 Å². The molecule has 8 heteroatoms. The van der Waals surface area contributed by atoms with Crippen molar-refractivity contribution in [1.29, 1.82) is 0 Å². The first-order valence-electron chi connectivity index (χ1n) is 11.2. The number of esters is 1. The highest BCUT2D eigenvalue weighted by Gasteiger charge is 2.25. The second-order valence-electron chi connectivity index (χ2n) is 8.31. The molecule has 4 rings (SSSR count). The summed E-state index contributed by atoms with van der Waals surface area (Å²) in [6, 6.07) is 13.8. The smallest absolute Gasteiger partial charge is 0.342 e.